The van der Waals surface area contributed by atoms with Crippen LogP contribution in [0.25, 0.3) is 0 Å². The monoisotopic (exact) mass is 1230 g/mol. The molecule has 3 N–H and O–H groups in total. The van der Waals surface area contributed by atoms with Gasteiger partial charge in [0.2, 0.25) is 0 Å². The van der Waals surface area contributed by atoms with E-state index in [0.717, 1.165) is 114 Å². The van der Waals surface area contributed by atoms with Gasteiger partial charge in [0.15, 0.2) is 12.2 Å². The Morgan fingerprint density at radius 3 is 0.819 bits per heavy atom. The number of aliphatic hydroxyl groups excluding tert-OH is 1. The van der Waals surface area contributed by atoms with Gasteiger partial charge in [0, 0.05) is 25.7 Å². The van der Waals surface area contributed by atoms with Gasteiger partial charge in [0.25, 0.3) is 0 Å². The number of aliphatic hydroxyl groups is 1. The standard InChI is InChI=1S/C64H124O17P2/c1-8-9-10-28-38-45-61(66)74-51-59(80-64(69)48-41-34-27-21-15-18-24-31-37-44-57(6)7)53-78-82(70,71)76-49-58(65)50-77-83(72,73)79-54-60(81-63(68)47-40-33-26-20-14-12-17-23-30-36-43-56(4)5)52-75-62(67)46-39-32-25-19-13-11-16-22-29-35-42-55(2)3/h55-60,65H,8-54H2,1-7H3,(H,70,71)(H,72,73)/t58-,59+,60+/m0/s1. The van der Waals surface area contributed by atoms with Crippen LogP contribution < -0.4 is 0 Å². The van der Waals surface area contributed by atoms with Gasteiger partial charge < -0.3 is 33.8 Å². The lowest BCUT2D eigenvalue weighted by atomic mass is 10.0. The van der Waals surface area contributed by atoms with Gasteiger partial charge in [-0.1, -0.05) is 260 Å². The first-order valence-corrected chi connectivity index (χ1v) is 36.3. The van der Waals surface area contributed by atoms with E-state index in [4.69, 9.17) is 37.0 Å². The fourth-order valence-electron chi connectivity index (χ4n) is 9.48. The Labute approximate surface area is 505 Å². The molecule has 0 aromatic carbocycles. The zero-order valence-electron chi connectivity index (χ0n) is 53.6. The molecule has 0 aliphatic rings. The molecule has 0 heterocycles. The van der Waals surface area contributed by atoms with E-state index in [-0.39, 0.29) is 25.7 Å². The molecular weight excluding hydrogens is 1100 g/mol. The van der Waals surface area contributed by atoms with Gasteiger partial charge in [-0.25, -0.2) is 9.13 Å². The fraction of sp³-hybridized carbons (Fsp3) is 0.938. The third-order valence-corrected chi connectivity index (χ3v) is 16.5. The van der Waals surface area contributed by atoms with Crippen LogP contribution in [-0.2, 0) is 65.4 Å². The molecule has 5 atom stereocenters. The van der Waals surface area contributed by atoms with E-state index in [1.165, 1.54) is 116 Å². The first kappa shape index (κ1) is 81.1. The van der Waals surface area contributed by atoms with Crippen molar-refractivity contribution in [2.75, 3.05) is 39.6 Å². The highest BCUT2D eigenvalue weighted by Crippen LogP contribution is 2.45. The van der Waals surface area contributed by atoms with E-state index in [0.29, 0.717) is 25.7 Å². The van der Waals surface area contributed by atoms with Crippen LogP contribution >= 0.6 is 15.6 Å². The van der Waals surface area contributed by atoms with Crippen molar-refractivity contribution in [2.24, 2.45) is 17.8 Å². The van der Waals surface area contributed by atoms with Crippen molar-refractivity contribution < 1.29 is 80.2 Å². The Balaban J connectivity index is 5.18. The van der Waals surface area contributed by atoms with Gasteiger partial charge >= 0.3 is 39.5 Å². The van der Waals surface area contributed by atoms with E-state index in [2.05, 4.69) is 48.5 Å². The molecule has 0 rings (SSSR count). The molecule has 0 amide bonds. The maximum absolute atomic E-state index is 13.0. The van der Waals surface area contributed by atoms with Gasteiger partial charge in [-0.05, 0) is 43.4 Å². The number of hydrogen-bond donors (Lipinski definition) is 3. The van der Waals surface area contributed by atoms with Gasteiger partial charge in [0.1, 0.15) is 19.3 Å². The SMILES string of the molecule is CCCCCCCC(=O)OC[C@H](COP(=O)(O)OC[C@H](O)COP(=O)(O)OC[C@@H](COC(=O)CCCCCCCCCCCCC(C)C)OC(=O)CCCCCCCCCCCCC(C)C)OC(=O)CCCCCCCCCCCC(C)C. The largest absolute Gasteiger partial charge is 0.472 e. The molecule has 0 aliphatic carbocycles. The van der Waals surface area contributed by atoms with Gasteiger partial charge in [-0.2, -0.15) is 0 Å². The van der Waals surface area contributed by atoms with Crippen molar-refractivity contribution >= 4 is 39.5 Å². The summed E-state index contributed by atoms with van der Waals surface area (Å²) < 4.78 is 67.8. The third kappa shape index (κ3) is 58.8. The van der Waals surface area contributed by atoms with Crippen LogP contribution in [0.15, 0.2) is 0 Å². The molecule has 0 aromatic rings. The molecule has 0 bridgehead atoms. The predicted octanol–water partition coefficient (Wildman–Crippen LogP) is 17.5. The minimum Gasteiger partial charge on any atom is -0.462 e. The molecule has 0 aromatic heterocycles. The molecule has 0 saturated carbocycles. The van der Waals surface area contributed by atoms with Crippen LogP contribution in [0.1, 0.15) is 312 Å². The minimum absolute atomic E-state index is 0.104. The van der Waals surface area contributed by atoms with Crippen LogP contribution in [0, 0.1) is 17.8 Å². The molecule has 0 fully saturated rings. The number of hydrogen-bond acceptors (Lipinski definition) is 15. The molecule has 0 aliphatic heterocycles. The minimum atomic E-state index is -4.94. The molecule has 17 nitrogen and oxygen atoms in total. The average Bonchev–Trinajstić information content (AvgIpc) is 3.43. The van der Waals surface area contributed by atoms with E-state index >= 15 is 0 Å². The second-order valence-corrected chi connectivity index (χ2v) is 27.5. The Kier molecular flexibility index (Phi) is 54.1. The normalized spacial score (nSPS) is 14.4. The van der Waals surface area contributed by atoms with Crippen molar-refractivity contribution in [3.63, 3.8) is 0 Å². The van der Waals surface area contributed by atoms with Gasteiger partial charge in [0.05, 0.1) is 26.4 Å². The summed E-state index contributed by atoms with van der Waals surface area (Å²) in [6.45, 7) is 11.7. The van der Waals surface area contributed by atoms with Gasteiger partial charge in [-0.15, -0.1) is 0 Å². The van der Waals surface area contributed by atoms with E-state index in [1.807, 2.05) is 0 Å². The number of ether oxygens (including phenoxy) is 4. The molecule has 0 radical (unpaired) electrons. The maximum Gasteiger partial charge on any atom is 0.472 e. The zero-order chi connectivity index (χ0) is 61.7. The Morgan fingerprint density at radius 2 is 0.554 bits per heavy atom. The topological polar surface area (TPSA) is 237 Å². The summed E-state index contributed by atoms with van der Waals surface area (Å²) in [4.78, 5) is 72.0. The Bertz CT molecular complexity index is 1650. The highest BCUT2D eigenvalue weighted by Gasteiger charge is 2.30. The van der Waals surface area contributed by atoms with Crippen molar-refractivity contribution in [2.45, 2.75) is 330 Å². The fourth-order valence-corrected chi connectivity index (χ4v) is 11.1. The summed E-state index contributed by atoms with van der Waals surface area (Å²) in [5.74, 6) is 0.101. The summed E-state index contributed by atoms with van der Waals surface area (Å²) >= 11 is 0. The molecule has 492 valence electrons. The second kappa shape index (κ2) is 55.4. The number of phosphoric acid groups is 2. The lowest BCUT2D eigenvalue weighted by Gasteiger charge is -2.21. The maximum atomic E-state index is 13.0. The van der Waals surface area contributed by atoms with Crippen LogP contribution in [0.2, 0.25) is 0 Å². The van der Waals surface area contributed by atoms with Crippen LogP contribution in [0.5, 0.6) is 0 Å². The molecule has 19 heteroatoms. The Hall–Kier alpha value is -1.94. The van der Waals surface area contributed by atoms with Crippen molar-refractivity contribution in [3.05, 3.63) is 0 Å². The van der Waals surface area contributed by atoms with Crippen molar-refractivity contribution in [1.29, 1.82) is 0 Å². The molecule has 0 spiro atoms. The zero-order valence-corrected chi connectivity index (χ0v) is 55.4. The lowest BCUT2D eigenvalue weighted by molar-refractivity contribution is -0.161. The third-order valence-electron chi connectivity index (χ3n) is 14.6. The molecule has 2 unspecified atom stereocenters. The summed E-state index contributed by atoms with van der Waals surface area (Å²) in [6, 6.07) is 0. The van der Waals surface area contributed by atoms with E-state index in [9.17, 15) is 43.2 Å². The predicted molar refractivity (Wildman–Crippen MR) is 331 cm³/mol. The van der Waals surface area contributed by atoms with Crippen LogP contribution in [0.3, 0.4) is 0 Å². The number of carbonyl (C=O) groups is 4. The molecular formula is C64H124O17P2. The summed E-state index contributed by atoms with van der Waals surface area (Å²) in [5, 5.41) is 10.5. The number of esters is 4. The van der Waals surface area contributed by atoms with Crippen LogP contribution in [-0.4, -0.2) is 96.7 Å². The number of unbranched alkanes of at least 4 members (excludes halogenated alkanes) is 30. The first-order chi connectivity index (χ1) is 39.7. The van der Waals surface area contributed by atoms with Crippen molar-refractivity contribution in [1.82, 2.24) is 0 Å². The van der Waals surface area contributed by atoms with Gasteiger partial charge in [-0.3, -0.25) is 37.3 Å². The first-order valence-electron chi connectivity index (χ1n) is 33.3. The highest BCUT2D eigenvalue weighted by atomic mass is 31.2. The van der Waals surface area contributed by atoms with Crippen molar-refractivity contribution in [3.8, 4) is 0 Å². The highest BCUT2D eigenvalue weighted by molar-refractivity contribution is 7.47. The second-order valence-electron chi connectivity index (χ2n) is 24.6. The Morgan fingerprint density at radius 1 is 0.325 bits per heavy atom. The van der Waals surface area contributed by atoms with E-state index in [1.54, 1.807) is 0 Å². The summed E-state index contributed by atoms with van der Waals surface area (Å²) in [5.41, 5.74) is 0. The molecule has 0 saturated heterocycles. The lowest BCUT2D eigenvalue weighted by Crippen LogP contribution is -2.30. The molecule has 83 heavy (non-hydrogen) atoms. The summed E-state index contributed by atoms with van der Waals surface area (Å²) in [7, 11) is -9.88. The number of phosphoric ester groups is 2. The average molecular weight is 1230 g/mol. The number of rotatable bonds is 62. The smallest absolute Gasteiger partial charge is 0.462 e. The quantitative estimate of drug-likeness (QED) is 0.0222. The number of carbonyl (C=O) groups excluding carboxylic acids is 4. The summed E-state index contributed by atoms with van der Waals surface area (Å²) in [6.07, 6.45) is 36.5. The van der Waals surface area contributed by atoms with E-state index < -0.39 is 97.5 Å². The van der Waals surface area contributed by atoms with Crippen LogP contribution in [0.4, 0.5) is 0 Å².